The zero-order valence-corrected chi connectivity index (χ0v) is 38.1. The average molecular weight is 955 g/mol. The Bertz CT molecular complexity index is 3740. The van der Waals surface area contributed by atoms with Crippen molar-refractivity contribution in [3.63, 3.8) is 0 Å². The van der Waals surface area contributed by atoms with Gasteiger partial charge in [-0.25, -0.2) is 0 Å². The molecule has 290 valence electrons. The zero-order chi connectivity index (χ0) is 43.7. The fourth-order valence-corrected chi connectivity index (χ4v) is 18.4. The number of allylic oxidation sites excluding steroid dienone is 4. The van der Waals surface area contributed by atoms with E-state index in [9.17, 15) is 42.1 Å². The fourth-order valence-electron chi connectivity index (χ4n) is 8.77. The van der Waals surface area contributed by atoms with Gasteiger partial charge in [-0.05, 0) is 59.3 Å². The number of thiophene rings is 8. The second-order valence-electron chi connectivity index (χ2n) is 14.3. The summed E-state index contributed by atoms with van der Waals surface area (Å²) in [5, 5.41) is 84.1. The first-order chi connectivity index (χ1) is 31.4. The highest BCUT2D eigenvalue weighted by Gasteiger charge is 2.38. The second kappa shape index (κ2) is 14.0. The summed E-state index contributed by atoms with van der Waals surface area (Å²) >= 11 is 12.7. The number of nitrogens with zero attached hydrogens (tertiary/aromatic N) is 8. The third-order valence-corrected chi connectivity index (χ3v) is 21.2. The molecular weight excluding hydrogens is 945 g/mol. The first kappa shape index (κ1) is 38.2. The molecule has 8 nitrogen and oxygen atoms in total. The first-order valence-corrected chi connectivity index (χ1v) is 25.2. The van der Waals surface area contributed by atoms with Gasteiger partial charge in [-0.2, -0.15) is 42.1 Å². The van der Waals surface area contributed by atoms with Crippen LogP contribution >= 0.6 is 90.7 Å². The molecule has 0 radical (unpaired) electrons. The van der Waals surface area contributed by atoms with E-state index in [0.29, 0.717) is 22.3 Å². The van der Waals surface area contributed by atoms with Crippen LogP contribution in [-0.4, -0.2) is 0 Å². The number of fused-ring (bicyclic) bond motifs is 12. The van der Waals surface area contributed by atoms with Gasteiger partial charge in [-0.15, -0.1) is 90.7 Å². The Labute approximate surface area is 394 Å². The van der Waals surface area contributed by atoms with Gasteiger partial charge in [0.15, 0.2) is 0 Å². The lowest BCUT2D eigenvalue weighted by Gasteiger charge is -2.01. The topological polar surface area (TPSA) is 190 Å². The summed E-state index contributed by atoms with van der Waals surface area (Å²) < 4.78 is 0. The molecule has 0 aliphatic heterocycles. The van der Waals surface area contributed by atoms with Crippen LogP contribution in [0.5, 0.6) is 0 Å². The van der Waals surface area contributed by atoms with Gasteiger partial charge in [0.25, 0.3) is 0 Å². The summed E-state index contributed by atoms with van der Waals surface area (Å²) in [6, 6.07) is 33.0. The Morgan fingerprint density at radius 2 is 0.484 bits per heavy atom. The van der Waals surface area contributed by atoms with Gasteiger partial charge in [-0.1, -0.05) is 0 Å². The molecule has 8 heterocycles. The molecule has 16 heteroatoms. The van der Waals surface area contributed by atoms with Crippen molar-refractivity contribution in [2.45, 2.75) is 0 Å². The SMILES string of the molecule is N#CC(C#N)=C1c2ccsc2-c2sc(-c3cc4c(s3)-c3sc(-c5cc6c(s5)-c5sc(-c7cc8c(s7)-c7sccc7C8=C(C#N)C#N)cc5C6=C(C#N)C#N)cc3C4=C(C#N)C#N)cc21. The Balaban J connectivity index is 0.963. The number of hydrogen-bond acceptors (Lipinski definition) is 16. The summed E-state index contributed by atoms with van der Waals surface area (Å²) in [6.07, 6.45) is 0. The number of nitriles is 8. The molecule has 0 aromatic carbocycles. The summed E-state index contributed by atoms with van der Waals surface area (Å²) in [5.41, 5.74) is 9.41. The molecule has 4 aliphatic carbocycles. The normalized spacial score (nSPS) is 12.4. The van der Waals surface area contributed by atoms with Crippen LogP contribution in [0.25, 0.3) is 90.6 Å². The second-order valence-corrected chi connectivity index (χ2v) is 22.5. The number of rotatable bonds is 3. The Kier molecular flexibility index (Phi) is 8.35. The van der Waals surface area contributed by atoms with Crippen molar-refractivity contribution in [2.75, 3.05) is 0 Å². The van der Waals surface area contributed by atoms with Gasteiger partial charge in [0.1, 0.15) is 70.8 Å². The monoisotopic (exact) mass is 954 g/mol. The standard InChI is InChI=1S/C48H10N8S8/c49-11-19(12-50)37-23-1-3-57-41(23)43-25(37)5-31(59-43)33-7-27-39(21(15-53)16-54)29-9-35(63-47(29)45(27)61-33)36-10-30-40(22(17-55)18-56)28-8-34(62-46(28)48(30)64-36)32-6-26-38(20(13-51)14-52)24-2-4-58-42(24)44(26)60-32/h1-10H. The molecule has 0 saturated carbocycles. The molecule has 64 heavy (non-hydrogen) atoms. The van der Waals surface area contributed by atoms with Crippen LogP contribution in [0.15, 0.2) is 81.6 Å². The van der Waals surface area contributed by atoms with Crippen LogP contribution in [0.1, 0.15) is 44.5 Å². The smallest absolute Gasteiger partial charge is 0.138 e. The van der Waals surface area contributed by atoms with E-state index in [1.807, 2.05) is 59.3 Å². The predicted molar refractivity (Wildman–Crippen MR) is 257 cm³/mol. The van der Waals surface area contributed by atoms with Crippen molar-refractivity contribution in [3.8, 4) is 117 Å². The van der Waals surface area contributed by atoms with E-state index in [2.05, 4.69) is 48.6 Å². The van der Waals surface area contributed by atoms with Crippen LogP contribution < -0.4 is 0 Å². The summed E-state index contributed by atoms with van der Waals surface area (Å²) in [4.78, 5) is 13.6. The van der Waals surface area contributed by atoms with Gasteiger partial charge in [0.05, 0.1) is 39.0 Å². The summed E-state index contributed by atoms with van der Waals surface area (Å²) in [6.45, 7) is 0. The maximum Gasteiger partial charge on any atom is 0.138 e. The lowest BCUT2D eigenvalue weighted by Crippen LogP contribution is -1.86. The lowest BCUT2D eigenvalue weighted by molar-refractivity contribution is 1.46. The summed E-state index contributed by atoms with van der Waals surface area (Å²) in [5.74, 6) is 0. The summed E-state index contributed by atoms with van der Waals surface area (Å²) in [7, 11) is 0. The molecule has 0 unspecified atom stereocenters. The van der Waals surface area contributed by atoms with E-state index in [1.54, 1.807) is 90.7 Å². The molecule has 8 aromatic rings. The Morgan fingerprint density at radius 3 is 0.703 bits per heavy atom. The van der Waals surface area contributed by atoms with Crippen LogP contribution in [0.2, 0.25) is 0 Å². The average Bonchev–Trinajstić information content (AvgIpc) is 4.13. The van der Waals surface area contributed by atoms with Crippen LogP contribution in [0, 0.1) is 90.6 Å². The zero-order valence-electron chi connectivity index (χ0n) is 31.6. The molecule has 0 saturated heterocycles. The highest BCUT2D eigenvalue weighted by molar-refractivity contribution is 7.32. The first-order valence-electron chi connectivity index (χ1n) is 18.6. The van der Waals surface area contributed by atoms with E-state index >= 15 is 0 Å². The molecule has 0 amide bonds. The molecular formula is C48H10N8S8. The minimum absolute atomic E-state index is 0.0137. The fraction of sp³-hybridized carbons (Fsp3) is 0. The van der Waals surface area contributed by atoms with Gasteiger partial charge >= 0.3 is 0 Å². The third-order valence-electron chi connectivity index (χ3n) is 11.3. The van der Waals surface area contributed by atoms with Crippen molar-refractivity contribution in [1.82, 2.24) is 0 Å². The van der Waals surface area contributed by atoms with Crippen molar-refractivity contribution in [2.24, 2.45) is 0 Å². The molecule has 0 fully saturated rings. The van der Waals surface area contributed by atoms with Crippen LogP contribution in [0.4, 0.5) is 0 Å². The molecule has 4 aliphatic rings. The predicted octanol–water partition coefficient (Wildman–Crippen LogP) is 14.5. The quantitative estimate of drug-likeness (QED) is 0.156. The lowest BCUT2D eigenvalue weighted by atomic mass is 9.99. The molecule has 12 rings (SSSR count). The third kappa shape index (κ3) is 5.00. The van der Waals surface area contributed by atoms with Crippen molar-refractivity contribution in [3.05, 3.63) is 126 Å². The van der Waals surface area contributed by atoms with Crippen LogP contribution in [0.3, 0.4) is 0 Å². The number of hydrogen-bond donors (Lipinski definition) is 0. The van der Waals surface area contributed by atoms with Gasteiger partial charge < -0.3 is 0 Å². The largest absolute Gasteiger partial charge is 0.192 e. The van der Waals surface area contributed by atoms with E-state index in [4.69, 9.17) is 0 Å². The van der Waals surface area contributed by atoms with Gasteiger partial charge in [0, 0.05) is 96.1 Å². The van der Waals surface area contributed by atoms with E-state index < -0.39 is 0 Å². The molecule has 0 N–H and O–H groups in total. The highest BCUT2D eigenvalue weighted by Crippen LogP contribution is 2.62. The van der Waals surface area contributed by atoms with Crippen LogP contribution in [-0.2, 0) is 0 Å². The molecule has 8 aromatic heterocycles. The Morgan fingerprint density at radius 1 is 0.281 bits per heavy atom. The van der Waals surface area contributed by atoms with Crippen molar-refractivity contribution in [1.29, 1.82) is 42.1 Å². The molecule has 0 atom stereocenters. The van der Waals surface area contributed by atoms with E-state index in [1.165, 1.54) is 0 Å². The van der Waals surface area contributed by atoms with Gasteiger partial charge in [0.2, 0.25) is 0 Å². The van der Waals surface area contributed by atoms with Crippen molar-refractivity contribution >= 4 is 113 Å². The molecule has 0 bridgehead atoms. The maximum absolute atomic E-state index is 10.2. The Hall–Kier alpha value is -7.52. The maximum atomic E-state index is 10.2. The van der Waals surface area contributed by atoms with Gasteiger partial charge in [-0.3, -0.25) is 0 Å². The van der Waals surface area contributed by atoms with E-state index in [0.717, 1.165) is 113 Å². The molecule has 0 spiro atoms. The highest BCUT2D eigenvalue weighted by atomic mass is 32.1. The van der Waals surface area contributed by atoms with E-state index in [-0.39, 0.29) is 22.3 Å². The minimum Gasteiger partial charge on any atom is -0.192 e. The minimum atomic E-state index is 0.0137. The van der Waals surface area contributed by atoms with Crippen molar-refractivity contribution < 1.29 is 0 Å².